The minimum absolute atomic E-state index is 0.107. The van der Waals surface area contributed by atoms with Gasteiger partial charge in [-0.2, -0.15) is 15.0 Å². The van der Waals surface area contributed by atoms with Gasteiger partial charge in [-0.25, -0.2) is 31.3 Å². The summed E-state index contributed by atoms with van der Waals surface area (Å²) in [5.74, 6) is -6.04. The van der Waals surface area contributed by atoms with Gasteiger partial charge in [-0.15, -0.1) is 0 Å². The maximum atomic E-state index is 13.6. The summed E-state index contributed by atoms with van der Waals surface area (Å²) in [4.78, 5) is 19.6. The molecular weight excluding hydrogens is 440 g/mol. The van der Waals surface area contributed by atoms with Crippen LogP contribution in [-0.4, -0.2) is 57.7 Å². The number of nitrogens with zero attached hydrogens (tertiary/aromatic N) is 5. The Hall–Kier alpha value is -2.73. The highest BCUT2D eigenvalue weighted by Crippen LogP contribution is 2.37. The average molecular weight is 463 g/mol. The fraction of sp³-hybridized carbons (Fsp3) is 0.632. The first-order valence-corrected chi connectivity index (χ1v) is 10.0. The van der Waals surface area contributed by atoms with Gasteiger partial charge in [-0.05, 0) is 26.5 Å². The van der Waals surface area contributed by atoms with Crippen molar-refractivity contribution in [2.75, 3.05) is 10.6 Å². The lowest BCUT2D eigenvalue weighted by Crippen LogP contribution is -2.24. The molecule has 32 heavy (non-hydrogen) atoms. The number of hydrogen-bond acceptors (Lipinski definition) is 7. The number of hydrogen-bond donors (Lipinski definition) is 2. The van der Waals surface area contributed by atoms with Gasteiger partial charge < -0.3 is 10.6 Å². The van der Waals surface area contributed by atoms with Gasteiger partial charge in [0.15, 0.2) is 5.82 Å². The molecule has 7 nitrogen and oxygen atoms in total. The van der Waals surface area contributed by atoms with Crippen molar-refractivity contribution in [3.05, 3.63) is 12.0 Å². The zero-order valence-electron chi connectivity index (χ0n) is 17.3. The second-order valence-corrected chi connectivity index (χ2v) is 7.94. The molecule has 2 aliphatic rings. The topological polar surface area (TPSA) is 87.5 Å². The Bertz CT molecular complexity index is 856. The average Bonchev–Trinajstić information content (AvgIpc) is 3.21. The van der Waals surface area contributed by atoms with Crippen molar-refractivity contribution in [2.45, 2.75) is 75.8 Å². The lowest BCUT2D eigenvalue weighted by molar-refractivity contribution is 0.00781. The molecule has 3 rings (SSSR count). The molecule has 2 saturated carbocycles. The first-order valence-electron chi connectivity index (χ1n) is 10.0. The van der Waals surface area contributed by atoms with Crippen LogP contribution in [0.2, 0.25) is 0 Å². The monoisotopic (exact) mass is 463 g/mol. The molecular formula is C19H23F6N7. The van der Waals surface area contributed by atoms with E-state index in [2.05, 4.69) is 42.3 Å². The Balaban J connectivity index is 1.93. The molecule has 0 spiro atoms. The van der Waals surface area contributed by atoms with Gasteiger partial charge in [0.2, 0.25) is 23.7 Å². The van der Waals surface area contributed by atoms with E-state index in [-0.39, 0.29) is 49.1 Å². The third kappa shape index (κ3) is 6.39. The molecule has 1 heterocycles. The van der Waals surface area contributed by atoms with Crippen LogP contribution in [0.5, 0.6) is 0 Å². The number of aliphatic imine (C=N–C) groups is 2. The third-order valence-electron chi connectivity index (χ3n) is 5.16. The lowest BCUT2D eigenvalue weighted by atomic mass is 10.2. The summed E-state index contributed by atoms with van der Waals surface area (Å²) in [6.45, 7) is 4.37. The van der Waals surface area contributed by atoms with E-state index in [4.69, 9.17) is 0 Å². The molecule has 0 amide bonds. The molecule has 2 N–H and O–H groups in total. The van der Waals surface area contributed by atoms with Crippen LogP contribution in [0.25, 0.3) is 5.70 Å². The molecule has 1 aromatic rings. The Labute approximate surface area is 180 Å². The van der Waals surface area contributed by atoms with Gasteiger partial charge in [-0.1, -0.05) is 0 Å². The molecule has 13 heteroatoms. The van der Waals surface area contributed by atoms with Crippen LogP contribution >= 0.6 is 0 Å². The van der Waals surface area contributed by atoms with Crippen LogP contribution in [0.15, 0.2) is 16.2 Å². The first-order chi connectivity index (χ1) is 15.0. The van der Waals surface area contributed by atoms with Crippen molar-refractivity contribution in [3.8, 4) is 0 Å². The van der Waals surface area contributed by atoms with Gasteiger partial charge in [0.05, 0.1) is 11.9 Å². The van der Waals surface area contributed by atoms with Crippen LogP contribution in [0, 0.1) is 0 Å². The second kappa shape index (κ2) is 9.41. The molecule has 2 fully saturated rings. The summed E-state index contributed by atoms with van der Waals surface area (Å²) >= 11 is 0. The molecule has 1 aromatic heterocycles. The van der Waals surface area contributed by atoms with Crippen molar-refractivity contribution in [1.82, 2.24) is 15.0 Å². The number of halogens is 6. The minimum Gasteiger partial charge on any atom is -0.351 e. The van der Waals surface area contributed by atoms with Gasteiger partial charge >= 0.3 is 0 Å². The molecule has 2 aliphatic carbocycles. The summed E-state index contributed by atoms with van der Waals surface area (Å²) < 4.78 is 80.1. The van der Waals surface area contributed by atoms with Crippen LogP contribution in [0.4, 0.5) is 38.2 Å². The van der Waals surface area contributed by atoms with Gasteiger partial charge in [0.1, 0.15) is 5.70 Å². The van der Waals surface area contributed by atoms with Gasteiger partial charge in [0, 0.05) is 37.8 Å². The van der Waals surface area contributed by atoms with E-state index in [1.807, 2.05) is 0 Å². The minimum atomic E-state index is -2.85. The number of nitrogens with one attached hydrogen (secondary N) is 2. The molecule has 0 bridgehead atoms. The van der Waals surface area contributed by atoms with Crippen molar-refractivity contribution in [3.63, 3.8) is 0 Å². The van der Waals surface area contributed by atoms with E-state index in [0.717, 1.165) is 13.1 Å². The molecule has 0 aromatic carbocycles. The summed E-state index contributed by atoms with van der Waals surface area (Å²) in [6, 6.07) is -1.25. The maximum absolute atomic E-state index is 13.6. The number of anilines is 2. The number of alkyl halides is 6. The molecule has 176 valence electrons. The fourth-order valence-corrected chi connectivity index (χ4v) is 3.59. The van der Waals surface area contributed by atoms with Gasteiger partial charge in [0.25, 0.3) is 6.43 Å². The predicted octanol–water partition coefficient (Wildman–Crippen LogP) is 4.80. The Morgan fingerprint density at radius 3 is 1.88 bits per heavy atom. The standard InChI is InChI=1S/C19H23F6N7/c1-10(14(20)21)27-13(9-26-2)15-30-16(28-11-3-5-18(22,23)7-11)32-17(31-15)29-12-4-6-19(24,25)8-12/h9,11-12,14H,2-8H2,1H3,(H2,28,29,30,31,32)/b13-9-,27-10?. The van der Waals surface area contributed by atoms with Crippen molar-refractivity contribution in [1.29, 1.82) is 0 Å². The van der Waals surface area contributed by atoms with Crippen molar-refractivity contribution < 1.29 is 26.3 Å². The van der Waals surface area contributed by atoms with Gasteiger partial charge in [-0.3, -0.25) is 4.99 Å². The van der Waals surface area contributed by atoms with Crippen molar-refractivity contribution in [2.24, 2.45) is 9.98 Å². The number of rotatable bonds is 8. The van der Waals surface area contributed by atoms with Crippen LogP contribution in [0.3, 0.4) is 0 Å². The molecule has 2 unspecified atom stereocenters. The zero-order valence-corrected chi connectivity index (χ0v) is 17.3. The van der Waals surface area contributed by atoms with Crippen LogP contribution in [-0.2, 0) is 0 Å². The Kier molecular flexibility index (Phi) is 7.03. The predicted molar refractivity (Wildman–Crippen MR) is 109 cm³/mol. The molecule has 0 aliphatic heterocycles. The summed E-state index contributed by atoms with van der Waals surface area (Å²) in [5.41, 5.74) is -0.699. The lowest BCUT2D eigenvalue weighted by Gasteiger charge is -2.17. The quantitative estimate of drug-likeness (QED) is 0.427. The van der Waals surface area contributed by atoms with Crippen molar-refractivity contribution >= 4 is 30.0 Å². The summed E-state index contributed by atoms with van der Waals surface area (Å²) in [5, 5.41) is 5.58. The molecule has 2 atom stereocenters. The van der Waals surface area contributed by atoms with E-state index in [1.54, 1.807) is 0 Å². The van der Waals surface area contributed by atoms with E-state index in [1.165, 1.54) is 0 Å². The number of aromatic nitrogens is 3. The summed E-state index contributed by atoms with van der Waals surface area (Å²) in [7, 11) is 0. The normalized spacial score (nSPS) is 25.2. The van der Waals surface area contributed by atoms with E-state index in [9.17, 15) is 26.3 Å². The first kappa shape index (κ1) is 23.9. The largest absolute Gasteiger partial charge is 0.351 e. The van der Waals surface area contributed by atoms with E-state index < -0.39 is 48.9 Å². The third-order valence-corrected chi connectivity index (χ3v) is 5.16. The smallest absolute Gasteiger partial charge is 0.276 e. The molecule has 0 radical (unpaired) electrons. The molecule has 0 saturated heterocycles. The highest BCUT2D eigenvalue weighted by Gasteiger charge is 2.41. The highest BCUT2D eigenvalue weighted by molar-refractivity contribution is 5.89. The van der Waals surface area contributed by atoms with Crippen LogP contribution in [0.1, 0.15) is 51.3 Å². The maximum Gasteiger partial charge on any atom is 0.276 e. The highest BCUT2D eigenvalue weighted by atomic mass is 19.3. The van der Waals surface area contributed by atoms with Crippen LogP contribution < -0.4 is 10.6 Å². The van der Waals surface area contributed by atoms with E-state index in [0.29, 0.717) is 0 Å². The second-order valence-electron chi connectivity index (χ2n) is 7.94. The Morgan fingerprint density at radius 2 is 1.50 bits per heavy atom. The SMILES string of the molecule is C=N/C=C(\N=C(C)C(F)F)c1nc(NC2CCC(F)(F)C2)nc(NC2CCC(F)(F)C2)n1. The Morgan fingerprint density at radius 1 is 1.00 bits per heavy atom. The zero-order chi connectivity index (χ0) is 23.5. The summed E-state index contributed by atoms with van der Waals surface area (Å²) in [6.07, 6.45) is -2.89. The van der Waals surface area contributed by atoms with E-state index >= 15 is 0 Å². The fourth-order valence-electron chi connectivity index (χ4n) is 3.59.